The quantitative estimate of drug-likeness (QED) is 0.851. The summed E-state index contributed by atoms with van der Waals surface area (Å²) in [6.45, 7) is 5.01. The summed E-state index contributed by atoms with van der Waals surface area (Å²) in [7, 11) is 0. The predicted octanol–water partition coefficient (Wildman–Crippen LogP) is 2.90. The average molecular weight is 250 g/mol. The van der Waals surface area contributed by atoms with E-state index < -0.39 is 23.6 Å². The molecule has 0 aliphatic carbocycles. The Bertz CT molecular complexity index is 662. The first kappa shape index (κ1) is 12.4. The standard InChI is InChI=1S/C13H12F2N2O/c1-3-7-13(14,15)11-12(18)16-9-6-4-5-8(2)10(9)17-11/h3-6H,1,7H2,2H3,(H,16,18). The zero-order chi connectivity index (χ0) is 13.3. The van der Waals surface area contributed by atoms with E-state index in [9.17, 15) is 13.6 Å². The average Bonchev–Trinajstić information content (AvgIpc) is 2.28. The molecule has 1 aromatic carbocycles. The molecule has 0 aliphatic heterocycles. The normalized spacial score (nSPS) is 11.7. The van der Waals surface area contributed by atoms with Crippen molar-refractivity contribution in [2.24, 2.45) is 0 Å². The topological polar surface area (TPSA) is 45.8 Å². The molecule has 2 aromatic rings. The molecule has 18 heavy (non-hydrogen) atoms. The first-order valence-corrected chi connectivity index (χ1v) is 5.44. The largest absolute Gasteiger partial charge is 0.319 e. The maximum absolute atomic E-state index is 13.7. The molecule has 0 bridgehead atoms. The molecular formula is C13H12F2N2O. The lowest BCUT2D eigenvalue weighted by atomic mass is 10.1. The van der Waals surface area contributed by atoms with Crippen molar-refractivity contribution < 1.29 is 8.78 Å². The van der Waals surface area contributed by atoms with Crippen LogP contribution in [0.1, 0.15) is 17.7 Å². The Balaban J connectivity index is 2.73. The van der Waals surface area contributed by atoms with E-state index in [2.05, 4.69) is 16.5 Å². The van der Waals surface area contributed by atoms with Gasteiger partial charge in [0.25, 0.3) is 11.5 Å². The Labute approximate surface area is 102 Å². The molecule has 1 aromatic heterocycles. The molecule has 5 heteroatoms. The second-order valence-corrected chi connectivity index (χ2v) is 4.08. The molecular weight excluding hydrogens is 238 g/mol. The van der Waals surface area contributed by atoms with Crippen molar-refractivity contribution in [2.45, 2.75) is 19.3 Å². The van der Waals surface area contributed by atoms with Crippen LogP contribution in [0.2, 0.25) is 0 Å². The predicted molar refractivity (Wildman–Crippen MR) is 65.8 cm³/mol. The maximum Gasteiger partial charge on any atom is 0.298 e. The first-order valence-electron chi connectivity index (χ1n) is 5.44. The summed E-state index contributed by atoms with van der Waals surface area (Å²) in [5.41, 5.74) is -0.0439. The van der Waals surface area contributed by atoms with Gasteiger partial charge in [-0.3, -0.25) is 4.79 Å². The van der Waals surface area contributed by atoms with E-state index in [1.165, 1.54) is 0 Å². The van der Waals surface area contributed by atoms with Gasteiger partial charge in [-0.2, -0.15) is 8.78 Å². The van der Waals surface area contributed by atoms with Crippen LogP contribution in [0, 0.1) is 6.92 Å². The van der Waals surface area contributed by atoms with Crippen molar-refractivity contribution in [3.8, 4) is 0 Å². The first-order chi connectivity index (χ1) is 8.45. The van der Waals surface area contributed by atoms with Gasteiger partial charge in [0.1, 0.15) is 0 Å². The SMILES string of the molecule is C=CCC(F)(F)c1nc2c(C)cccc2[nH]c1=O. The molecule has 0 atom stereocenters. The summed E-state index contributed by atoms with van der Waals surface area (Å²) in [5.74, 6) is -3.30. The van der Waals surface area contributed by atoms with Crippen molar-refractivity contribution in [3.05, 3.63) is 52.5 Å². The van der Waals surface area contributed by atoms with E-state index in [1.54, 1.807) is 25.1 Å². The summed E-state index contributed by atoms with van der Waals surface area (Å²) in [6.07, 6.45) is 0.462. The third kappa shape index (κ3) is 2.03. The van der Waals surface area contributed by atoms with Crippen LogP contribution < -0.4 is 5.56 Å². The molecule has 1 heterocycles. The van der Waals surface area contributed by atoms with Gasteiger partial charge in [-0.15, -0.1) is 6.58 Å². The molecule has 3 nitrogen and oxygen atoms in total. The molecule has 0 amide bonds. The van der Waals surface area contributed by atoms with Gasteiger partial charge in [-0.05, 0) is 18.6 Å². The van der Waals surface area contributed by atoms with Gasteiger partial charge in [0.2, 0.25) is 0 Å². The van der Waals surface area contributed by atoms with E-state index in [1.807, 2.05) is 0 Å². The van der Waals surface area contributed by atoms with Crippen LogP contribution in [0.5, 0.6) is 0 Å². The van der Waals surface area contributed by atoms with Gasteiger partial charge in [-0.1, -0.05) is 18.2 Å². The number of benzene rings is 1. The third-order valence-electron chi connectivity index (χ3n) is 2.67. The number of hydrogen-bond acceptors (Lipinski definition) is 2. The number of aromatic nitrogens is 2. The minimum absolute atomic E-state index is 0.385. The lowest BCUT2D eigenvalue weighted by molar-refractivity contribution is -0.00662. The van der Waals surface area contributed by atoms with Gasteiger partial charge < -0.3 is 4.98 Å². The molecule has 2 rings (SSSR count). The van der Waals surface area contributed by atoms with Crippen molar-refractivity contribution in [1.82, 2.24) is 9.97 Å². The molecule has 0 radical (unpaired) electrons. The van der Waals surface area contributed by atoms with Crippen LogP contribution in [-0.2, 0) is 5.92 Å². The van der Waals surface area contributed by atoms with Gasteiger partial charge in [0, 0.05) is 6.42 Å². The van der Waals surface area contributed by atoms with Crippen molar-refractivity contribution in [2.75, 3.05) is 0 Å². The number of allylic oxidation sites excluding steroid dienone is 1. The highest BCUT2D eigenvalue weighted by atomic mass is 19.3. The highest BCUT2D eigenvalue weighted by Gasteiger charge is 2.35. The number of halogens is 2. The van der Waals surface area contributed by atoms with Gasteiger partial charge in [-0.25, -0.2) is 4.98 Å². The van der Waals surface area contributed by atoms with Crippen molar-refractivity contribution in [3.63, 3.8) is 0 Å². The highest BCUT2D eigenvalue weighted by molar-refractivity contribution is 5.77. The number of alkyl halides is 2. The van der Waals surface area contributed by atoms with Crippen LogP contribution in [0.4, 0.5) is 8.78 Å². The third-order valence-corrected chi connectivity index (χ3v) is 2.67. The number of hydrogen-bond donors (Lipinski definition) is 1. The molecule has 1 N–H and O–H groups in total. The Morgan fingerprint density at radius 1 is 1.50 bits per heavy atom. The van der Waals surface area contributed by atoms with E-state index in [4.69, 9.17) is 0 Å². The fourth-order valence-electron chi connectivity index (χ4n) is 1.78. The zero-order valence-electron chi connectivity index (χ0n) is 9.84. The van der Waals surface area contributed by atoms with Crippen LogP contribution in [0.15, 0.2) is 35.6 Å². The monoisotopic (exact) mass is 250 g/mol. The number of nitrogens with zero attached hydrogens (tertiary/aromatic N) is 1. The maximum atomic E-state index is 13.7. The van der Waals surface area contributed by atoms with Gasteiger partial charge >= 0.3 is 0 Å². The second kappa shape index (κ2) is 4.33. The Hall–Kier alpha value is -2.04. The van der Waals surface area contributed by atoms with E-state index in [0.29, 0.717) is 11.0 Å². The summed E-state index contributed by atoms with van der Waals surface area (Å²) >= 11 is 0. The van der Waals surface area contributed by atoms with Crippen LogP contribution in [0.3, 0.4) is 0 Å². The summed E-state index contributed by atoms with van der Waals surface area (Å²) < 4.78 is 27.4. The minimum atomic E-state index is -3.30. The number of nitrogens with one attached hydrogen (secondary N) is 1. The van der Waals surface area contributed by atoms with E-state index in [-0.39, 0.29) is 0 Å². The molecule has 0 spiro atoms. The van der Waals surface area contributed by atoms with E-state index in [0.717, 1.165) is 11.6 Å². The van der Waals surface area contributed by atoms with Gasteiger partial charge in [0.05, 0.1) is 11.0 Å². The van der Waals surface area contributed by atoms with Gasteiger partial charge in [0.15, 0.2) is 5.69 Å². The van der Waals surface area contributed by atoms with Crippen LogP contribution in [0.25, 0.3) is 11.0 Å². The lowest BCUT2D eigenvalue weighted by Gasteiger charge is -2.13. The fourth-order valence-corrected chi connectivity index (χ4v) is 1.78. The molecule has 94 valence electrons. The number of H-pyrrole nitrogens is 1. The summed E-state index contributed by atoms with van der Waals surface area (Å²) in [5, 5.41) is 0. The minimum Gasteiger partial charge on any atom is -0.319 e. The van der Waals surface area contributed by atoms with Crippen LogP contribution >= 0.6 is 0 Å². The Morgan fingerprint density at radius 2 is 2.22 bits per heavy atom. The number of aromatic amines is 1. The molecule has 0 fully saturated rings. The fraction of sp³-hybridized carbons (Fsp3) is 0.231. The molecule has 0 saturated carbocycles. The smallest absolute Gasteiger partial charge is 0.298 e. The summed E-state index contributed by atoms with van der Waals surface area (Å²) in [4.78, 5) is 17.9. The second-order valence-electron chi connectivity index (χ2n) is 4.08. The number of para-hydroxylation sites is 1. The van der Waals surface area contributed by atoms with Crippen molar-refractivity contribution >= 4 is 11.0 Å². The highest BCUT2D eigenvalue weighted by Crippen LogP contribution is 2.29. The Kier molecular flexibility index (Phi) is 2.98. The number of rotatable bonds is 3. The summed E-state index contributed by atoms with van der Waals surface area (Å²) in [6, 6.07) is 5.12. The van der Waals surface area contributed by atoms with E-state index >= 15 is 0 Å². The van der Waals surface area contributed by atoms with Crippen LogP contribution in [-0.4, -0.2) is 9.97 Å². The molecule has 0 saturated heterocycles. The molecule has 0 aliphatic rings. The number of aryl methyl sites for hydroxylation is 1. The molecule has 0 unspecified atom stereocenters. The van der Waals surface area contributed by atoms with Crippen molar-refractivity contribution in [1.29, 1.82) is 0 Å². The lowest BCUT2D eigenvalue weighted by Crippen LogP contribution is -2.26. The number of fused-ring (bicyclic) bond motifs is 1. The zero-order valence-corrected chi connectivity index (χ0v) is 9.84. The Morgan fingerprint density at radius 3 is 2.89 bits per heavy atom.